The Hall–Kier alpha value is 0. The summed E-state index contributed by atoms with van der Waals surface area (Å²) in [5, 5.41) is 0. The lowest BCUT2D eigenvalue weighted by Crippen LogP contribution is -2.06. The highest BCUT2D eigenvalue weighted by Crippen LogP contribution is 2.22. The molecule has 0 bridgehead atoms. The van der Waals surface area contributed by atoms with Crippen molar-refractivity contribution in [2.45, 2.75) is 47.5 Å². The van der Waals surface area contributed by atoms with Gasteiger partial charge in [-0.3, -0.25) is 0 Å². The van der Waals surface area contributed by atoms with Crippen LogP contribution in [0.2, 0.25) is 0 Å². The Morgan fingerprint density at radius 1 is 1.20 bits per heavy atom. The molecule has 0 aliphatic rings. The van der Waals surface area contributed by atoms with Gasteiger partial charge in [0.05, 0.1) is 0 Å². The van der Waals surface area contributed by atoms with Crippen LogP contribution in [0, 0.1) is 17.8 Å². The Bertz CT molecular complexity index is 74.1. The van der Waals surface area contributed by atoms with Crippen molar-refractivity contribution >= 4 is 0 Å². The third-order valence-electron chi connectivity index (χ3n) is 2.35. The summed E-state index contributed by atoms with van der Waals surface area (Å²) in [5.74, 6) is 3.30. The summed E-state index contributed by atoms with van der Waals surface area (Å²) in [6.07, 6.45) is 2.62. The van der Waals surface area contributed by atoms with Crippen LogP contribution in [0.25, 0.3) is 0 Å². The van der Waals surface area contributed by atoms with Gasteiger partial charge in [0.1, 0.15) is 0 Å². The van der Waals surface area contributed by atoms with Crippen LogP contribution in [0.1, 0.15) is 47.5 Å². The van der Waals surface area contributed by atoms with E-state index in [9.17, 15) is 0 Å². The van der Waals surface area contributed by atoms with Gasteiger partial charge in [-0.05, 0) is 0 Å². The summed E-state index contributed by atoms with van der Waals surface area (Å²) in [6.45, 7) is 11.4. The predicted molar refractivity (Wildman–Crippen MR) is 47.8 cm³/mol. The van der Waals surface area contributed by atoms with E-state index in [0.29, 0.717) is 0 Å². The van der Waals surface area contributed by atoms with Crippen molar-refractivity contribution in [2.75, 3.05) is 0 Å². The van der Waals surface area contributed by atoms with Crippen LogP contribution in [0.3, 0.4) is 0 Å². The monoisotopic (exact) mass is 141 g/mol. The molecule has 0 saturated heterocycles. The Morgan fingerprint density at radius 2 is 1.70 bits per heavy atom. The molecular weight excluding hydrogens is 120 g/mol. The average Bonchev–Trinajstić information content (AvgIpc) is 1.87. The topological polar surface area (TPSA) is 0 Å². The molecule has 0 amide bonds. The predicted octanol–water partition coefficient (Wildman–Crippen LogP) is 3.67. The van der Waals surface area contributed by atoms with Crippen molar-refractivity contribution in [2.24, 2.45) is 11.8 Å². The van der Waals surface area contributed by atoms with E-state index in [1.54, 1.807) is 5.92 Å². The van der Waals surface area contributed by atoms with Crippen molar-refractivity contribution in [1.29, 1.82) is 0 Å². The van der Waals surface area contributed by atoms with Gasteiger partial charge in [0.15, 0.2) is 0 Å². The maximum absolute atomic E-state index is 2.33. The van der Waals surface area contributed by atoms with E-state index < -0.39 is 0 Å². The van der Waals surface area contributed by atoms with Crippen LogP contribution < -0.4 is 0 Å². The molecule has 0 aromatic heterocycles. The minimum Gasteiger partial charge on any atom is -0.314 e. The van der Waals surface area contributed by atoms with Gasteiger partial charge in [0, 0.05) is 0 Å². The number of rotatable bonds is 4. The first-order chi connectivity index (χ1) is 4.57. The fourth-order valence-corrected chi connectivity index (χ4v) is 0.930. The zero-order valence-corrected chi connectivity index (χ0v) is 8.07. The van der Waals surface area contributed by atoms with Gasteiger partial charge >= 0.3 is 0 Å². The summed E-state index contributed by atoms with van der Waals surface area (Å²) in [4.78, 5) is 0. The first kappa shape index (κ1) is 10.0. The Morgan fingerprint density at radius 3 is 2.00 bits per heavy atom. The summed E-state index contributed by atoms with van der Waals surface area (Å²) >= 11 is 0. The lowest BCUT2D eigenvalue weighted by atomic mass is 9.88. The van der Waals surface area contributed by atoms with Crippen LogP contribution in [0.4, 0.5) is 0 Å². The van der Waals surface area contributed by atoms with Crippen LogP contribution in [-0.4, -0.2) is 0 Å². The van der Waals surface area contributed by atoms with E-state index in [0.717, 1.165) is 11.8 Å². The minimum absolute atomic E-state index is 0.772. The molecule has 0 N–H and O–H groups in total. The van der Waals surface area contributed by atoms with Crippen molar-refractivity contribution in [3.05, 3.63) is 5.92 Å². The van der Waals surface area contributed by atoms with Gasteiger partial charge in [-0.1, -0.05) is 40.0 Å². The van der Waals surface area contributed by atoms with Crippen molar-refractivity contribution in [1.82, 2.24) is 0 Å². The maximum Gasteiger partial charge on any atom is -0.0560 e. The van der Waals surface area contributed by atoms with Crippen LogP contribution in [0.15, 0.2) is 0 Å². The summed E-state index contributed by atoms with van der Waals surface area (Å²) in [5.41, 5.74) is 0. The molecule has 0 radical (unpaired) electrons. The molecule has 0 fully saturated rings. The molecule has 10 heavy (non-hydrogen) atoms. The van der Waals surface area contributed by atoms with Crippen molar-refractivity contribution in [3.8, 4) is 0 Å². The molecule has 62 valence electrons. The molecule has 0 heteroatoms. The van der Waals surface area contributed by atoms with Crippen LogP contribution >= 0.6 is 0 Å². The van der Waals surface area contributed by atoms with Crippen LogP contribution in [-0.2, 0) is 0 Å². The normalized spacial score (nSPS) is 14.7. The average molecular weight is 141 g/mol. The molecule has 1 unspecified atom stereocenters. The van der Waals surface area contributed by atoms with Gasteiger partial charge in [-0.15, -0.1) is 0 Å². The summed E-state index contributed by atoms with van der Waals surface area (Å²) in [6, 6.07) is 0. The lowest BCUT2D eigenvalue weighted by Gasteiger charge is -2.32. The highest BCUT2D eigenvalue weighted by Gasteiger charge is 1.98. The van der Waals surface area contributed by atoms with Gasteiger partial charge < -0.3 is 5.92 Å². The van der Waals surface area contributed by atoms with Gasteiger partial charge in [0.25, 0.3) is 0 Å². The maximum atomic E-state index is 2.33. The Labute approximate surface area is 66.0 Å². The molecule has 0 aliphatic carbocycles. The molecule has 0 aliphatic heterocycles. The van der Waals surface area contributed by atoms with Crippen molar-refractivity contribution < 1.29 is 0 Å². The highest BCUT2D eigenvalue weighted by atomic mass is 14.2. The van der Waals surface area contributed by atoms with Crippen LogP contribution in [0.5, 0.6) is 0 Å². The van der Waals surface area contributed by atoms with E-state index in [1.165, 1.54) is 12.8 Å². The second kappa shape index (κ2) is 4.76. The van der Waals surface area contributed by atoms with Crippen molar-refractivity contribution in [3.63, 3.8) is 0 Å². The summed E-state index contributed by atoms with van der Waals surface area (Å²) < 4.78 is 0. The molecular formula is C10H21-. The number of hydrogen-bond donors (Lipinski definition) is 0. The molecule has 0 aromatic rings. The second-order valence-electron chi connectivity index (χ2n) is 3.72. The fraction of sp³-hybridized carbons (Fsp3) is 0.900. The molecule has 0 aromatic carbocycles. The van der Waals surface area contributed by atoms with E-state index in [4.69, 9.17) is 0 Å². The number of hydrogen-bond acceptors (Lipinski definition) is 0. The smallest absolute Gasteiger partial charge is 0.0560 e. The SMILES string of the molecule is CCC(C)C[C-](C)C(C)C. The molecule has 0 spiro atoms. The first-order valence-electron chi connectivity index (χ1n) is 4.40. The van der Waals surface area contributed by atoms with E-state index in [-0.39, 0.29) is 0 Å². The van der Waals surface area contributed by atoms with E-state index >= 15 is 0 Å². The Kier molecular flexibility index (Phi) is 4.76. The largest absolute Gasteiger partial charge is 0.314 e. The zero-order chi connectivity index (χ0) is 8.15. The molecule has 0 nitrogen and oxygen atoms in total. The standard InChI is InChI=1S/C10H21/c1-6-9(4)7-10(5)8(2)3/h8-9H,6-7H2,1-5H3/q-1. The van der Waals surface area contributed by atoms with Gasteiger partial charge in [-0.2, -0.15) is 19.3 Å². The zero-order valence-electron chi connectivity index (χ0n) is 8.07. The molecule has 0 rings (SSSR count). The van der Waals surface area contributed by atoms with E-state index in [1.807, 2.05) is 0 Å². The van der Waals surface area contributed by atoms with Gasteiger partial charge in [0.2, 0.25) is 0 Å². The third kappa shape index (κ3) is 3.92. The fourth-order valence-electron chi connectivity index (χ4n) is 0.930. The summed E-state index contributed by atoms with van der Waals surface area (Å²) in [7, 11) is 0. The highest BCUT2D eigenvalue weighted by molar-refractivity contribution is 4.88. The quantitative estimate of drug-likeness (QED) is 0.524. The molecule has 0 saturated carbocycles. The third-order valence-corrected chi connectivity index (χ3v) is 2.35. The second-order valence-corrected chi connectivity index (χ2v) is 3.72. The molecule has 0 heterocycles. The Balaban J connectivity index is 3.46. The first-order valence-corrected chi connectivity index (χ1v) is 4.40. The minimum atomic E-state index is 0.772. The lowest BCUT2D eigenvalue weighted by molar-refractivity contribution is 0.475. The van der Waals surface area contributed by atoms with E-state index in [2.05, 4.69) is 34.6 Å². The van der Waals surface area contributed by atoms with Gasteiger partial charge in [-0.25, -0.2) is 0 Å². The molecule has 1 atom stereocenters.